The van der Waals surface area contributed by atoms with Crippen LogP contribution in [0.2, 0.25) is 0 Å². The predicted octanol–water partition coefficient (Wildman–Crippen LogP) is 3.96. The van der Waals surface area contributed by atoms with Gasteiger partial charge in [0.15, 0.2) is 0 Å². The fourth-order valence-electron chi connectivity index (χ4n) is 3.13. The number of likely N-dealkylation sites (tertiary alicyclic amines) is 1. The molecule has 0 saturated carbocycles. The Morgan fingerprint density at radius 2 is 1.75 bits per heavy atom. The average molecular weight is 279 g/mol. The fraction of sp³-hybridized carbons (Fsp3) is 0.647. The van der Waals surface area contributed by atoms with Crippen LogP contribution in [0.1, 0.15) is 33.1 Å². The molecule has 0 N–H and O–H groups in total. The first-order valence-electron chi connectivity index (χ1n) is 7.74. The molecule has 0 aromatic heterocycles. The molecule has 0 bridgehead atoms. The summed E-state index contributed by atoms with van der Waals surface area (Å²) in [6.07, 6.45) is 3.58. The van der Waals surface area contributed by atoms with Crippen molar-refractivity contribution in [2.24, 2.45) is 11.8 Å². The third kappa shape index (κ3) is 5.12. The van der Waals surface area contributed by atoms with E-state index in [4.69, 9.17) is 4.74 Å². The normalized spacial score (nSPS) is 23.8. The molecule has 0 spiro atoms. The quantitative estimate of drug-likeness (QED) is 0.731. The molecule has 3 heteroatoms. The van der Waals surface area contributed by atoms with Crippen molar-refractivity contribution in [2.75, 3.05) is 26.2 Å². The summed E-state index contributed by atoms with van der Waals surface area (Å²) in [5.74, 6) is 2.20. The third-order valence-corrected chi connectivity index (χ3v) is 3.90. The Morgan fingerprint density at radius 1 is 1.10 bits per heavy atom. The first-order chi connectivity index (χ1) is 9.63. The van der Waals surface area contributed by atoms with Gasteiger partial charge in [-0.15, -0.1) is 0 Å². The van der Waals surface area contributed by atoms with Gasteiger partial charge >= 0.3 is 0 Å². The monoisotopic (exact) mass is 279 g/mol. The number of benzene rings is 1. The molecule has 0 unspecified atom stereocenters. The van der Waals surface area contributed by atoms with Gasteiger partial charge < -0.3 is 9.64 Å². The highest BCUT2D eigenvalue weighted by molar-refractivity contribution is 5.21. The second-order valence-corrected chi connectivity index (χ2v) is 6.22. The summed E-state index contributed by atoms with van der Waals surface area (Å²) < 4.78 is 18.3. The van der Waals surface area contributed by atoms with E-state index in [0.29, 0.717) is 6.61 Å². The number of hydrogen-bond donors (Lipinski definition) is 0. The SMILES string of the molecule is C[C@@H]1C[C@@H](C)CN(CCCCOc2ccc(F)cc2)C1. The van der Waals surface area contributed by atoms with E-state index in [1.54, 1.807) is 12.1 Å². The van der Waals surface area contributed by atoms with Crippen LogP contribution in [0.5, 0.6) is 5.75 Å². The second-order valence-electron chi connectivity index (χ2n) is 6.22. The fourth-order valence-corrected chi connectivity index (χ4v) is 3.13. The van der Waals surface area contributed by atoms with Crippen LogP contribution < -0.4 is 4.74 Å². The molecular weight excluding hydrogens is 253 g/mol. The molecule has 0 aliphatic carbocycles. The minimum atomic E-state index is -0.217. The van der Waals surface area contributed by atoms with Gasteiger partial charge in [0.1, 0.15) is 11.6 Å². The highest BCUT2D eigenvalue weighted by Gasteiger charge is 2.20. The lowest BCUT2D eigenvalue weighted by Crippen LogP contribution is -2.39. The maximum atomic E-state index is 12.7. The van der Waals surface area contributed by atoms with Crippen LogP contribution in [0.25, 0.3) is 0 Å². The highest BCUT2D eigenvalue weighted by Crippen LogP contribution is 2.21. The third-order valence-electron chi connectivity index (χ3n) is 3.90. The lowest BCUT2D eigenvalue weighted by molar-refractivity contribution is 0.136. The summed E-state index contributed by atoms with van der Waals surface area (Å²) in [6.45, 7) is 9.05. The molecule has 1 aliphatic rings. The molecule has 1 fully saturated rings. The number of rotatable bonds is 6. The van der Waals surface area contributed by atoms with Crippen molar-refractivity contribution in [3.8, 4) is 5.75 Å². The van der Waals surface area contributed by atoms with Crippen molar-refractivity contribution in [3.05, 3.63) is 30.1 Å². The summed E-state index contributed by atoms with van der Waals surface area (Å²) in [5, 5.41) is 0. The van der Waals surface area contributed by atoms with Crippen molar-refractivity contribution >= 4 is 0 Å². The van der Waals surface area contributed by atoms with Gasteiger partial charge in [-0.2, -0.15) is 0 Å². The second kappa shape index (κ2) is 7.63. The van der Waals surface area contributed by atoms with Gasteiger partial charge in [0, 0.05) is 13.1 Å². The first kappa shape index (κ1) is 15.3. The van der Waals surface area contributed by atoms with E-state index in [1.807, 2.05) is 0 Å². The van der Waals surface area contributed by atoms with Crippen LogP contribution in [-0.4, -0.2) is 31.1 Å². The van der Waals surface area contributed by atoms with E-state index in [0.717, 1.165) is 24.0 Å². The Bertz CT molecular complexity index is 382. The molecule has 1 aromatic rings. The van der Waals surface area contributed by atoms with Gasteiger partial charge in [-0.3, -0.25) is 0 Å². The van der Waals surface area contributed by atoms with Gasteiger partial charge in [-0.05, 0) is 61.9 Å². The predicted molar refractivity (Wildman–Crippen MR) is 80.5 cm³/mol. The lowest BCUT2D eigenvalue weighted by Gasteiger charge is -2.34. The van der Waals surface area contributed by atoms with Crippen molar-refractivity contribution in [3.63, 3.8) is 0 Å². The largest absolute Gasteiger partial charge is 0.494 e. The molecule has 1 heterocycles. The topological polar surface area (TPSA) is 12.5 Å². The molecule has 112 valence electrons. The number of halogens is 1. The zero-order chi connectivity index (χ0) is 14.4. The Morgan fingerprint density at radius 3 is 2.40 bits per heavy atom. The number of hydrogen-bond acceptors (Lipinski definition) is 2. The van der Waals surface area contributed by atoms with Gasteiger partial charge in [0.2, 0.25) is 0 Å². The van der Waals surface area contributed by atoms with Crippen LogP contribution in [0.3, 0.4) is 0 Å². The number of nitrogens with zero attached hydrogens (tertiary/aromatic N) is 1. The Balaban J connectivity index is 1.58. The summed E-state index contributed by atoms with van der Waals surface area (Å²) >= 11 is 0. The van der Waals surface area contributed by atoms with E-state index >= 15 is 0 Å². The maximum Gasteiger partial charge on any atom is 0.123 e. The molecule has 1 aliphatic heterocycles. The molecular formula is C17H26FNO. The number of ether oxygens (including phenoxy) is 1. The zero-order valence-corrected chi connectivity index (χ0v) is 12.6. The summed E-state index contributed by atoms with van der Waals surface area (Å²) in [7, 11) is 0. The zero-order valence-electron chi connectivity index (χ0n) is 12.6. The van der Waals surface area contributed by atoms with E-state index in [9.17, 15) is 4.39 Å². The molecule has 20 heavy (non-hydrogen) atoms. The molecule has 0 radical (unpaired) electrons. The van der Waals surface area contributed by atoms with E-state index in [2.05, 4.69) is 18.7 Å². The number of unbranched alkanes of at least 4 members (excludes halogenated alkanes) is 1. The van der Waals surface area contributed by atoms with Crippen molar-refractivity contribution in [2.45, 2.75) is 33.1 Å². The van der Waals surface area contributed by atoms with Gasteiger partial charge in [-0.1, -0.05) is 13.8 Å². The maximum absolute atomic E-state index is 12.7. The summed E-state index contributed by atoms with van der Waals surface area (Å²) in [6, 6.07) is 6.24. The van der Waals surface area contributed by atoms with Crippen LogP contribution in [0, 0.1) is 17.7 Å². The van der Waals surface area contributed by atoms with Gasteiger partial charge in [-0.25, -0.2) is 4.39 Å². The smallest absolute Gasteiger partial charge is 0.123 e. The molecule has 1 saturated heterocycles. The van der Waals surface area contributed by atoms with Crippen molar-refractivity contribution in [1.29, 1.82) is 0 Å². The molecule has 2 nitrogen and oxygen atoms in total. The van der Waals surface area contributed by atoms with E-state index < -0.39 is 0 Å². The Hall–Kier alpha value is -1.09. The van der Waals surface area contributed by atoms with Crippen molar-refractivity contribution < 1.29 is 9.13 Å². The highest BCUT2D eigenvalue weighted by atomic mass is 19.1. The minimum Gasteiger partial charge on any atom is -0.494 e. The van der Waals surface area contributed by atoms with Crippen LogP contribution in [0.15, 0.2) is 24.3 Å². The van der Waals surface area contributed by atoms with Crippen LogP contribution in [-0.2, 0) is 0 Å². The molecule has 0 amide bonds. The standard InChI is InChI=1S/C17H26FNO/c1-14-11-15(2)13-19(12-14)9-3-4-10-20-17-7-5-16(18)6-8-17/h5-8,14-15H,3-4,9-13H2,1-2H3/t14-,15-/m1/s1. The van der Waals surface area contributed by atoms with Crippen molar-refractivity contribution in [1.82, 2.24) is 4.90 Å². The van der Waals surface area contributed by atoms with Gasteiger partial charge in [0.25, 0.3) is 0 Å². The molecule has 1 aromatic carbocycles. The molecule has 2 rings (SSSR count). The first-order valence-corrected chi connectivity index (χ1v) is 7.74. The van der Waals surface area contributed by atoms with E-state index in [-0.39, 0.29) is 5.82 Å². The minimum absolute atomic E-state index is 0.217. The Labute approximate surface area is 121 Å². The van der Waals surface area contributed by atoms with Crippen LogP contribution >= 0.6 is 0 Å². The molecule has 2 atom stereocenters. The van der Waals surface area contributed by atoms with E-state index in [1.165, 1.54) is 44.6 Å². The summed E-state index contributed by atoms with van der Waals surface area (Å²) in [4.78, 5) is 2.58. The lowest BCUT2D eigenvalue weighted by atomic mass is 9.92. The average Bonchev–Trinajstić information content (AvgIpc) is 2.39. The van der Waals surface area contributed by atoms with Gasteiger partial charge in [0.05, 0.1) is 6.61 Å². The van der Waals surface area contributed by atoms with Crippen LogP contribution in [0.4, 0.5) is 4.39 Å². The Kier molecular flexibility index (Phi) is 5.84. The number of piperidine rings is 1. The summed E-state index contributed by atoms with van der Waals surface area (Å²) in [5.41, 5.74) is 0.